The van der Waals surface area contributed by atoms with E-state index in [2.05, 4.69) is 15.0 Å². The minimum atomic E-state index is -0.343. The van der Waals surface area contributed by atoms with Gasteiger partial charge in [0.05, 0.1) is 0 Å². The van der Waals surface area contributed by atoms with Crippen molar-refractivity contribution in [2.45, 2.75) is 25.9 Å². The normalized spacial score (nSPS) is 13.0. The fourth-order valence-corrected chi connectivity index (χ4v) is 3.47. The third-order valence-corrected chi connectivity index (χ3v) is 4.58. The number of rotatable bonds is 4. The van der Waals surface area contributed by atoms with Crippen molar-refractivity contribution < 1.29 is 9.53 Å². The Morgan fingerprint density at radius 3 is 2.91 bits per heavy atom. The van der Waals surface area contributed by atoms with Gasteiger partial charge in [-0.1, -0.05) is 0 Å². The van der Waals surface area contributed by atoms with Gasteiger partial charge in [0, 0.05) is 19.0 Å². The molecule has 8 heteroatoms. The van der Waals surface area contributed by atoms with Crippen molar-refractivity contribution in [3.05, 3.63) is 27.2 Å². The van der Waals surface area contributed by atoms with Crippen LogP contribution in [0.15, 0.2) is 6.07 Å². The van der Waals surface area contributed by atoms with Gasteiger partial charge in [0.2, 0.25) is 11.9 Å². The molecular weight excluding hydrogens is 302 g/mol. The van der Waals surface area contributed by atoms with Crippen LogP contribution < -0.4 is 10.6 Å². The number of carbonyl (C=O) groups is 1. The number of hydrogen-bond donors (Lipinski definition) is 1. The van der Waals surface area contributed by atoms with Crippen molar-refractivity contribution in [1.82, 2.24) is 15.0 Å². The summed E-state index contributed by atoms with van der Waals surface area (Å²) in [6.07, 6.45) is 3.28. The lowest BCUT2D eigenvalue weighted by molar-refractivity contribution is 0.0468. The van der Waals surface area contributed by atoms with Crippen LogP contribution in [0.1, 0.15) is 32.4 Å². The molecule has 2 aromatic heterocycles. The van der Waals surface area contributed by atoms with Crippen molar-refractivity contribution >= 4 is 29.2 Å². The van der Waals surface area contributed by atoms with Gasteiger partial charge in [-0.2, -0.15) is 15.0 Å². The van der Waals surface area contributed by atoms with Crippen LogP contribution in [0.2, 0.25) is 0 Å². The highest BCUT2D eigenvalue weighted by atomic mass is 32.1. The number of nitrogens with zero attached hydrogens (tertiary/aromatic N) is 4. The SMILES string of the molecule is CN(C)c1nc(N)nc(COC(=O)c2cc3c(s2)CCC3)n1. The standard InChI is InChI=1S/C14H17N5O2S/c1-19(2)14-17-11(16-13(15)18-14)7-21-12(20)10-6-8-4-3-5-9(8)22-10/h6H,3-5,7H2,1-2H3,(H2,15,16,17,18). The van der Waals surface area contributed by atoms with E-state index in [1.54, 1.807) is 19.0 Å². The number of anilines is 2. The molecule has 116 valence electrons. The van der Waals surface area contributed by atoms with Crippen LogP contribution >= 0.6 is 11.3 Å². The minimum absolute atomic E-state index is 0.0189. The first-order chi connectivity index (χ1) is 10.5. The molecule has 2 heterocycles. The summed E-state index contributed by atoms with van der Waals surface area (Å²) in [6, 6.07) is 1.93. The molecule has 3 rings (SSSR count). The maximum atomic E-state index is 12.1. The zero-order valence-corrected chi connectivity index (χ0v) is 13.3. The smallest absolute Gasteiger partial charge is 0.348 e. The Balaban J connectivity index is 1.68. The zero-order valence-electron chi connectivity index (χ0n) is 12.5. The predicted octanol–water partition coefficient (Wildman–Crippen LogP) is 1.43. The van der Waals surface area contributed by atoms with Crippen LogP contribution in [0.5, 0.6) is 0 Å². The van der Waals surface area contributed by atoms with E-state index in [-0.39, 0.29) is 18.5 Å². The highest BCUT2D eigenvalue weighted by molar-refractivity contribution is 7.14. The maximum Gasteiger partial charge on any atom is 0.348 e. The Morgan fingerprint density at radius 2 is 2.18 bits per heavy atom. The van der Waals surface area contributed by atoms with Crippen molar-refractivity contribution in [2.75, 3.05) is 24.7 Å². The number of nitrogen functional groups attached to an aromatic ring is 1. The number of ether oxygens (including phenoxy) is 1. The van der Waals surface area contributed by atoms with E-state index in [4.69, 9.17) is 10.5 Å². The summed E-state index contributed by atoms with van der Waals surface area (Å²) in [7, 11) is 3.61. The van der Waals surface area contributed by atoms with E-state index < -0.39 is 0 Å². The molecule has 0 unspecified atom stereocenters. The molecule has 0 saturated carbocycles. The molecule has 2 aromatic rings. The van der Waals surface area contributed by atoms with Crippen molar-refractivity contribution in [3.63, 3.8) is 0 Å². The quantitative estimate of drug-likeness (QED) is 0.852. The number of aryl methyl sites for hydroxylation is 2. The summed E-state index contributed by atoms with van der Waals surface area (Å²) in [5, 5.41) is 0. The average Bonchev–Trinajstić information content (AvgIpc) is 3.05. The summed E-state index contributed by atoms with van der Waals surface area (Å²) in [6.45, 7) is -0.0189. The Bertz CT molecular complexity index is 692. The van der Waals surface area contributed by atoms with Gasteiger partial charge in [0.15, 0.2) is 12.4 Å². The van der Waals surface area contributed by atoms with E-state index in [9.17, 15) is 4.79 Å². The summed E-state index contributed by atoms with van der Waals surface area (Å²) < 4.78 is 5.29. The van der Waals surface area contributed by atoms with Gasteiger partial charge < -0.3 is 15.4 Å². The third-order valence-electron chi connectivity index (χ3n) is 3.37. The number of fused-ring (bicyclic) bond motifs is 1. The number of esters is 1. The van der Waals surface area contributed by atoms with Gasteiger partial charge in [-0.05, 0) is 30.9 Å². The van der Waals surface area contributed by atoms with E-state index in [1.807, 2.05) is 6.07 Å². The van der Waals surface area contributed by atoms with Crippen molar-refractivity contribution in [2.24, 2.45) is 0 Å². The summed E-state index contributed by atoms with van der Waals surface area (Å²) in [5.74, 6) is 0.548. The molecule has 0 saturated heterocycles. The van der Waals surface area contributed by atoms with Crippen LogP contribution in [-0.2, 0) is 24.2 Å². The monoisotopic (exact) mass is 319 g/mol. The minimum Gasteiger partial charge on any atom is -0.453 e. The molecule has 0 aromatic carbocycles. The number of aromatic nitrogens is 3. The van der Waals surface area contributed by atoms with E-state index in [0.29, 0.717) is 16.6 Å². The van der Waals surface area contributed by atoms with Crippen LogP contribution in [-0.4, -0.2) is 35.0 Å². The molecule has 7 nitrogen and oxygen atoms in total. The van der Waals surface area contributed by atoms with Gasteiger partial charge in [-0.15, -0.1) is 11.3 Å². The van der Waals surface area contributed by atoms with Crippen molar-refractivity contribution in [3.8, 4) is 0 Å². The highest BCUT2D eigenvalue weighted by Crippen LogP contribution is 2.31. The summed E-state index contributed by atoms with van der Waals surface area (Å²) >= 11 is 1.52. The Morgan fingerprint density at radius 1 is 1.36 bits per heavy atom. The van der Waals surface area contributed by atoms with Gasteiger partial charge >= 0.3 is 5.97 Å². The fourth-order valence-electron chi connectivity index (χ4n) is 2.32. The molecule has 0 amide bonds. The van der Waals surface area contributed by atoms with Gasteiger partial charge in [0.1, 0.15) is 4.88 Å². The first-order valence-corrected chi connectivity index (χ1v) is 7.81. The first kappa shape index (κ1) is 14.7. The van der Waals surface area contributed by atoms with E-state index in [0.717, 1.165) is 12.8 Å². The largest absolute Gasteiger partial charge is 0.453 e. The summed E-state index contributed by atoms with van der Waals surface area (Å²) in [5.41, 5.74) is 6.91. The number of carbonyl (C=O) groups excluding carboxylic acids is 1. The maximum absolute atomic E-state index is 12.1. The lowest BCUT2D eigenvalue weighted by Gasteiger charge is -2.11. The number of hydrogen-bond acceptors (Lipinski definition) is 8. The number of nitrogens with two attached hydrogens (primary N) is 1. The van der Waals surface area contributed by atoms with Gasteiger partial charge in [0.25, 0.3) is 0 Å². The summed E-state index contributed by atoms with van der Waals surface area (Å²) in [4.78, 5) is 27.9. The molecule has 1 aliphatic rings. The molecule has 0 bridgehead atoms. The second-order valence-corrected chi connectivity index (χ2v) is 6.43. The molecule has 0 atom stereocenters. The molecule has 1 aliphatic carbocycles. The van der Waals surface area contributed by atoms with Crippen LogP contribution in [0, 0.1) is 0 Å². The molecule has 0 spiro atoms. The Hall–Kier alpha value is -2.22. The van der Waals surface area contributed by atoms with Crippen LogP contribution in [0.4, 0.5) is 11.9 Å². The van der Waals surface area contributed by atoms with E-state index in [1.165, 1.54) is 28.2 Å². The Kier molecular flexibility index (Phi) is 3.93. The van der Waals surface area contributed by atoms with E-state index >= 15 is 0 Å². The predicted molar refractivity (Wildman–Crippen MR) is 84.0 cm³/mol. The molecule has 22 heavy (non-hydrogen) atoms. The Labute approximate surface area is 132 Å². The number of thiophene rings is 1. The first-order valence-electron chi connectivity index (χ1n) is 6.99. The lowest BCUT2D eigenvalue weighted by atomic mass is 10.2. The molecular formula is C14H17N5O2S. The molecule has 0 fully saturated rings. The molecule has 2 N–H and O–H groups in total. The van der Waals surface area contributed by atoms with Crippen LogP contribution in [0.3, 0.4) is 0 Å². The zero-order chi connectivity index (χ0) is 15.7. The molecule has 0 aliphatic heterocycles. The third kappa shape index (κ3) is 3.01. The van der Waals surface area contributed by atoms with Gasteiger partial charge in [-0.3, -0.25) is 0 Å². The molecule has 0 radical (unpaired) electrons. The fraction of sp³-hybridized carbons (Fsp3) is 0.429. The second-order valence-electron chi connectivity index (χ2n) is 5.29. The van der Waals surface area contributed by atoms with Crippen molar-refractivity contribution in [1.29, 1.82) is 0 Å². The topological polar surface area (TPSA) is 94.2 Å². The highest BCUT2D eigenvalue weighted by Gasteiger charge is 2.19. The average molecular weight is 319 g/mol. The van der Waals surface area contributed by atoms with Crippen LogP contribution in [0.25, 0.3) is 0 Å². The lowest BCUT2D eigenvalue weighted by Crippen LogP contribution is -2.17. The second kappa shape index (κ2) is 5.88. The van der Waals surface area contributed by atoms with Gasteiger partial charge in [-0.25, -0.2) is 4.79 Å².